The van der Waals surface area contributed by atoms with E-state index in [2.05, 4.69) is 12.2 Å². The van der Waals surface area contributed by atoms with E-state index in [1.165, 1.54) is 0 Å². The van der Waals surface area contributed by atoms with Crippen molar-refractivity contribution in [3.8, 4) is 0 Å². The number of ether oxygens (including phenoxy) is 3. The highest BCUT2D eigenvalue weighted by atomic mass is 16.5. The Bertz CT molecular complexity index is 238. The summed E-state index contributed by atoms with van der Waals surface area (Å²) in [7, 11) is 0. The fraction of sp³-hybridized carbons (Fsp3) is 0.933. The quantitative estimate of drug-likeness (QED) is 0.423. The van der Waals surface area contributed by atoms with E-state index in [-0.39, 0.29) is 0 Å². The summed E-state index contributed by atoms with van der Waals surface area (Å²) >= 11 is 0. The van der Waals surface area contributed by atoms with Crippen LogP contribution >= 0.6 is 0 Å². The lowest BCUT2D eigenvalue weighted by atomic mass is 10.2. The van der Waals surface area contributed by atoms with Crippen LogP contribution in [-0.2, 0) is 19.0 Å². The molecule has 21 heavy (non-hydrogen) atoms. The molecule has 0 saturated carbocycles. The van der Waals surface area contributed by atoms with Crippen LogP contribution < -0.4 is 5.32 Å². The maximum atomic E-state index is 10.9. The van der Waals surface area contributed by atoms with Crippen molar-refractivity contribution in [1.29, 1.82) is 0 Å². The summed E-state index contributed by atoms with van der Waals surface area (Å²) in [6, 6.07) is -0.477. The Labute approximate surface area is 128 Å². The predicted octanol–water partition coefficient (Wildman–Crippen LogP) is 1.68. The van der Waals surface area contributed by atoms with Crippen molar-refractivity contribution in [3.63, 3.8) is 0 Å². The molecule has 0 aromatic carbocycles. The average Bonchev–Trinajstić information content (AvgIpc) is 2.47. The Hall–Kier alpha value is -0.690. The molecular weight excluding hydrogens is 274 g/mol. The van der Waals surface area contributed by atoms with E-state index in [9.17, 15) is 4.79 Å². The fourth-order valence-electron chi connectivity index (χ4n) is 1.70. The largest absolute Gasteiger partial charge is 0.480 e. The lowest BCUT2D eigenvalue weighted by Gasteiger charge is -2.13. The number of unbranched alkanes of at least 4 members (excludes halogenated alkanes) is 1. The lowest BCUT2D eigenvalue weighted by molar-refractivity contribution is -0.139. The molecule has 2 N–H and O–H groups in total. The van der Waals surface area contributed by atoms with Gasteiger partial charge in [-0.25, -0.2) is 0 Å². The molecular formula is C15H31NO5. The minimum absolute atomic E-state index is 0.477. The molecule has 0 aromatic rings. The number of carbonyl (C=O) groups is 1. The van der Waals surface area contributed by atoms with Gasteiger partial charge in [-0.05, 0) is 12.8 Å². The van der Waals surface area contributed by atoms with Crippen LogP contribution in [0.1, 0.15) is 39.5 Å². The van der Waals surface area contributed by atoms with Gasteiger partial charge in [0, 0.05) is 13.2 Å². The fourth-order valence-corrected chi connectivity index (χ4v) is 1.70. The van der Waals surface area contributed by atoms with Gasteiger partial charge in [-0.15, -0.1) is 0 Å². The van der Waals surface area contributed by atoms with E-state index in [0.717, 1.165) is 25.9 Å². The van der Waals surface area contributed by atoms with Crippen molar-refractivity contribution in [2.24, 2.45) is 0 Å². The lowest BCUT2D eigenvalue weighted by Crippen LogP contribution is -2.38. The van der Waals surface area contributed by atoms with E-state index in [1.807, 2.05) is 6.92 Å². The number of rotatable bonds is 16. The van der Waals surface area contributed by atoms with Gasteiger partial charge in [0.05, 0.1) is 33.0 Å². The van der Waals surface area contributed by atoms with Gasteiger partial charge in [-0.2, -0.15) is 0 Å². The zero-order valence-electron chi connectivity index (χ0n) is 13.4. The Morgan fingerprint density at radius 2 is 1.52 bits per heavy atom. The van der Waals surface area contributed by atoms with E-state index in [4.69, 9.17) is 19.3 Å². The van der Waals surface area contributed by atoms with Crippen molar-refractivity contribution >= 4 is 5.97 Å². The van der Waals surface area contributed by atoms with Gasteiger partial charge in [0.2, 0.25) is 0 Å². The van der Waals surface area contributed by atoms with Crippen molar-refractivity contribution < 1.29 is 24.1 Å². The van der Waals surface area contributed by atoms with Crippen LogP contribution in [0.25, 0.3) is 0 Å². The second kappa shape index (κ2) is 15.7. The maximum Gasteiger partial charge on any atom is 0.320 e. The molecule has 6 nitrogen and oxygen atoms in total. The third kappa shape index (κ3) is 14.0. The number of carboxylic acids is 1. The van der Waals surface area contributed by atoms with Crippen LogP contribution in [0.2, 0.25) is 0 Å². The zero-order chi connectivity index (χ0) is 15.8. The minimum Gasteiger partial charge on any atom is -0.480 e. The van der Waals surface area contributed by atoms with Crippen molar-refractivity contribution in [1.82, 2.24) is 5.32 Å². The van der Waals surface area contributed by atoms with Gasteiger partial charge in [-0.1, -0.05) is 26.7 Å². The topological polar surface area (TPSA) is 77.0 Å². The smallest absolute Gasteiger partial charge is 0.320 e. The first kappa shape index (κ1) is 20.3. The maximum absolute atomic E-state index is 10.9. The summed E-state index contributed by atoms with van der Waals surface area (Å²) in [5, 5.41) is 11.9. The number of aliphatic carboxylic acids is 1. The van der Waals surface area contributed by atoms with Crippen LogP contribution in [0, 0.1) is 0 Å². The summed E-state index contributed by atoms with van der Waals surface area (Å²) in [6.45, 7) is 8.19. The molecule has 1 unspecified atom stereocenters. The van der Waals surface area contributed by atoms with Crippen LogP contribution in [0.3, 0.4) is 0 Å². The zero-order valence-corrected chi connectivity index (χ0v) is 13.4. The Morgan fingerprint density at radius 3 is 2.05 bits per heavy atom. The van der Waals surface area contributed by atoms with Crippen LogP contribution in [0.5, 0.6) is 0 Å². The molecule has 0 fully saturated rings. The minimum atomic E-state index is -0.803. The molecule has 0 bridgehead atoms. The summed E-state index contributed by atoms with van der Waals surface area (Å²) in [4.78, 5) is 10.9. The molecule has 0 saturated heterocycles. The summed E-state index contributed by atoms with van der Waals surface area (Å²) in [6.07, 6.45) is 3.71. The van der Waals surface area contributed by atoms with Crippen molar-refractivity contribution in [2.45, 2.75) is 45.6 Å². The first-order chi connectivity index (χ1) is 10.2. The SMILES string of the molecule is CCCCOCCOCCOCCNC(CCC)C(=O)O. The van der Waals surface area contributed by atoms with E-state index >= 15 is 0 Å². The van der Waals surface area contributed by atoms with Gasteiger partial charge >= 0.3 is 5.97 Å². The number of hydrogen-bond acceptors (Lipinski definition) is 5. The first-order valence-corrected chi connectivity index (χ1v) is 7.91. The normalized spacial score (nSPS) is 12.5. The van der Waals surface area contributed by atoms with Gasteiger partial charge in [0.25, 0.3) is 0 Å². The molecule has 0 aromatic heterocycles. The standard InChI is InChI=1S/C15H31NO5/c1-3-5-8-19-10-12-21-13-11-20-9-7-16-14(6-4-2)15(17)18/h14,16H,3-13H2,1-2H3,(H,17,18). The average molecular weight is 305 g/mol. The molecule has 0 amide bonds. The number of nitrogens with one attached hydrogen (secondary N) is 1. The molecule has 0 aliphatic rings. The third-order valence-electron chi connectivity index (χ3n) is 2.90. The predicted molar refractivity (Wildman–Crippen MR) is 81.7 cm³/mol. The third-order valence-corrected chi connectivity index (χ3v) is 2.90. The van der Waals surface area contributed by atoms with Gasteiger partial charge in [-0.3, -0.25) is 4.79 Å². The van der Waals surface area contributed by atoms with Gasteiger partial charge in [0.15, 0.2) is 0 Å². The van der Waals surface area contributed by atoms with Gasteiger partial charge in [0.1, 0.15) is 6.04 Å². The molecule has 0 heterocycles. The number of hydrogen-bond donors (Lipinski definition) is 2. The molecule has 0 aliphatic carbocycles. The molecule has 126 valence electrons. The first-order valence-electron chi connectivity index (χ1n) is 7.91. The summed E-state index contributed by atoms with van der Waals surface area (Å²) < 4.78 is 16.1. The molecule has 0 aliphatic heterocycles. The van der Waals surface area contributed by atoms with Crippen LogP contribution in [-0.4, -0.2) is 63.3 Å². The second-order valence-corrected chi connectivity index (χ2v) is 4.82. The highest BCUT2D eigenvalue weighted by molar-refractivity contribution is 5.73. The molecule has 0 spiro atoms. The Morgan fingerprint density at radius 1 is 0.952 bits per heavy atom. The number of carboxylic acid groups (broad SMARTS) is 1. The van der Waals surface area contributed by atoms with Crippen molar-refractivity contribution in [2.75, 3.05) is 46.2 Å². The van der Waals surface area contributed by atoms with Crippen LogP contribution in [0.4, 0.5) is 0 Å². The molecule has 1 atom stereocenters. The molecule has 0 radical (unpaired) electrons. The highest BCUT2D eigenvalue weighted by Crippen LogP contribution is 1.96. The monoisotopic (exact) mass is 305 g/mol. The van der Waals surface area contributed by atoms with Crippen molar-refractivity contribution in [3.05, 3.63) is 0 Å². The van der Waals surface area contributed by atoms with Gasteiger partial charge < -0.3 is 24.6 Å². The summed E-state index contributed by atoms with van der Waals surface area (Å²) in [5.41, 5.74) is 0. The van der Waals surface area contributed by atoms with E-state index < -0.39 is 12.0 Å². The second-order valence-electron chi connectivity index (χ2n) is 4.82. The Kier molecular flexibility index (Phi) is 15.2. The summed E-state index contributed by atoms with van der Waals surface area (Å²) in [5.74, 6) is -0.803. The molecule has 6 heteroatoms. The van der Waals surface area contributed by atoms with E-state index in [1.54, 1.807) is 0 Å². The molecule has 0 rings (SSSR count). The Balaban J connectivity index is 3.23. The highest BCUT2D eigenvalue weighted by Gasteiger charge is 2.14. The van der Waals surface area contributed by atoms with Crippen LogP contribution in [0.15, 0.2) is 0 Å². The van der Waals surface area contributed by atoms with E-state index in [0.29, 0.717) is 46.0 Å².